The number of ether oxygens (including phenoxy) is 1. The number of thioether (sulfide) groups is 1. The maximum atomic E-state index is 11.8. The molecule has 0 aromatic carbocycles. The number of morpholine rings is 1. The summed E-state index contributed by atoms with van der Waals surface area (Å²) in [4.78, 5) is 11.4. The van der Waals surface area contributed by atoms with E-state index in [1.165, 1.54) is 0 Å². The van der Waals surface area contributed by atoms with E-state index >= 15 is 0 Å². The zero-order valence-electron chi connectivity index (χ0n) is 8.47. The molecule has 0 aromatic heterocycles. The molecule has 8 heteroatoms. The minimum absolute atomic E-state index is 0.0110. The fourth-order valence-corrected chi connectivity index (χ4v) is 1.62. The number of carbonyl (C=O) groups excluding carboxylic acids is 1. The molecule has 1 heterocycles. The number of hydrogen-bond acceptors (Lipinski definition) is 4. The van der Waals surface area contributed by atoms with Crippen LogP contribution in [0.15, 0.2) is 0 Å². The minimum atomic E-state index is -4.24. The van der Waals surface area contributed by atoms with Crippen LogP contribution in [0.2, 0.25) is 0 Å². The van der Waals surface area contributed by atoms with E-state index in [1.54, 1.807) is 0 Å². The van der Waals surface area contributed by atoms with Crippen molar-refractivity contribution in [1.29, 1.82) is 0 Å². The maximum Gasteiger partial charge on any atom is 0.441 e. The van der Waals surface area contributed by atoms with E-state index in [2.05, 4.69) is 10.6 Å². The minimum Gasteiger partial charge on any atom is -0.366 e. The smallest absolute Gasteiger partial charge is 0.366 e. The Kier molecular flexibility index (Phi) is 5.36. The van der Waals surface area contributed by atoms with Crippen molar-refractivity contribution in [2.45, 2.75) is 11.6 Å². The molecule has 0 spiro atoms. The second-order valence-corrected chi connectivity index (χ2v) is 4.31. The lowest BCUT2D eigenvalue weighted by Crippen LogP contribution is -2.48. The summed E-state index contributed by atoms with van der Waals surface area (Å²) in [5.41, 5.74) is -4.24. The Morgan fingerprint density at radius 3 is 2.88 bits per heavy atom. The molecule has 0 bridgehead atoms. The van der Waals surface area contributed by atoms with Gasteiger partial charge in [0.05, 0.1) is 6.61 Å². The monoisotopic (exact) mass is 258 g/mol. The molecule has 1 amide bonds. The van der Waals surface area contributed by atoms with Crippen LogP contribution in [-0.4, -0.2) is 49.5 Å². The molecule has 4 nitrogen and oxygen atoms in total. The first-order valence-electron chi connectivity index (χ1n) is 4.80. The molecule has 0 radical (unpaired) electrons. The fraction of sp³-hybridized carbons (Fsp3) is 0.875. The Hall–Kier alpha value is -0.470. The Labute approximate surface area is 95.3 Å². The van der Waals surface area contributed by atoms with Crippen molar-refractivity contribution in [3.05, 3.63) is 0 Å². The van der Waals surface area contributed by atoms with Crippen LogP contribution in [0.4, 0.5) is 13.2 Å². The predicted molar refractivity (Wildman–Crippen MR) is 54.1 cm³/mol. The molecule has 1 aliphatic heterocycles. The van der Waals surface area contributed by atoms with Gasteiger partial charge in [0, 0.05) is 25.4 Å². The van der Waals surface area contributed by atoms with E-state index in [-0.39, 0.29) is 30.0 Å². The molecule has 2 N–H and O–H groups in total. The molecule has 16 heavy (non-hydrogen) atoms. The number of halogens is 3. The Morgan fingerprint density at radius 2 is 2.31 bits per heavy atom. The molecule has 1 atom stereocenters. The van der Waals surface area contributed by atoms with Crippen molar-refractivity contribution in [1.82, 2.24) is 10.6 Å². The zero-order valence-corrected chi connectivity index (χ0v) is 9.29. The molecular formula is C8H13F3N2O2S. The lowest BCUT2D eigenvalue weighted by Gasteiger charge is -2.22. The average molecular weight is 258 g/mol. The summed E-state index contributed by atoms with van der Waals surface area (Å²) in [5, 5.41) is 5.36. The summed E-state index contributed by atoms with van der Waals surface area (Å²) in [7, 11) is 0. The van der Waals surface area contributed by atoms with Crippen LogP contribution in [-0.2, 0) is 9.53 Å². The van der Waals surface area contributed by atoms with Crippen molar-refractivity contribution >= 4 is 17.7 Å². The van der Waals surface area contributed by atoms with Crippen LogP contribution in [0.3, 0.4) is 0 Å². The van der Waals surface area contributed by atoms with Gasteiger partial charge in [0.2, 0.25) is 5.91 Å². The van der Waals surface area contributed by atoms with Gasteiger partial charge < -0.3 is 15.4 Å². The van der Waals surface area contributed by atoms with Crippen LogP contribution in [0, 0.1) is 0 Å². The third-order valence-corrected chi connectivity index (χ3v) is 2.62. The van der Waals surface area contributed by atoms with Gasteiger partial charge in [0.15, 0.2) is 0 Å². The van der Waals surface area contributed by atoms with Crippen molar-refractivity contribution in [2.24, 2.45) is 0 Å². The zero-order chi connectivity index (χ0) is 12.0. The summed E-state index contributed by atoms with van der Waals surface area (Å²) in [6.07, 6.45) is -0.593. The summed E-state index contributed by atoms with van der Waals surface area (Å²) in [6, 6.07) is 0. The Balaban J connectivity index is 2.10. The highest BCUT2D eigenvalue weighted by atomic mass is 32.2. The van der Waals surface area contributed by atoms with Gasteiger partial charge in [0.25, 0.3) is 0 Å². The second kappa shape index (κ2) is 6.31. The van der Waals surface area contributed by atoms with E-state index in [1.807, 2.05) is 0 Å². The first kappa shape index (κ1) is 13.6. The van der Waals surface area contributed by atoms with Crippen LogP contribution < -0.4 is 10.6 Å². The molecule has 1 rings (SSSR count). The van der Waals surface area contributed by atoms with Gasteiger partial charge in [-0.15, -0.1) is 0 Å². The van der Waals surface area contributed by atoms with Crippen LogP contribution in [0.1, 0.15) is 0 Å². The van der Waals surface area contributed by atoms with E-state index in [0.29, 0.717) is 19.7 Å². The molecule has 1 aliphatic rings. The van der Waals surface area contributed by atoms with Gasteiger partial charge in [-0.2, -0.15) is 13.2 Å². The Morgan fingerprint density at radius 1 is 1.56 bits per heavy atom. The summed E-state index contributed by atoms with van der Waals surface area (Å²) < 4.78 is 40.4. The fourth-order valence-electron chi connectivity index (χ4n) is 1.19. The van der Waals surface area contributed by atoms with Crippen LogP contribution in [0.5, 0.6) is 0 Å². The summed E-state index contributed by atoms with van der Waals surface area (Å²) in [6.45, 7) is 1.52. The number of carbonyl (C=O) groups is 1. The van der Waals surface area contributed by atoms with Crippen molar-refractivity contribution in [3.8, 4) is 0 Å². The lowest BCUT2D eigenvalue weighted by atomic mass is 10.3. The Bertz CT molecular complexity index is 232. The molecule has 1 fully saturated rings. The topological polar surface area (TPSA) is 50.4 Å². The van der Waals surface area contributed by atoms with Crippen molar-refractivity contribution in [3.63, 3.8) is 0 Å². The molecule has 1 unspecified atom stereocenters. The predicted octanol–water partition coefficient (Wildman–Crippen LogP) is 0.344. The normalized spacial score (nSPS) is 21.8. The van der Waals surface area contributed by atoms with E-state index < -0.39 is 11.6 Å². The maximum absolute atomic E-state index is 11.8. The lowest BCUT2D eigenvalue weighted by molar-refractivity contribution is -0.134. The van der Waals surface area contributed by atoms with E-state index in [4.69, 9.17) is 4.74 Å². The van der Waals surface area contributed by atoms with Gasteiger partial charge >= 0.3 is 5.51 Å². The van der Waals surface area contributed by atoms with Gasteiger partial charge in [-0.25, -0.2) is 0 Å². The van der Waals surface area contributed by atoms with Gasteiger partial charge in [-0.05, 0) is 11.8 Å². The second-order valence-electron chi connectivity index (χ2n) is 3.15. The standard InChI is InChI=1S/C8H13F3N2O2S/c9-8(10,11)16-4-2-13-7(14)6-5-12-1-3-15-6/h6,12H,1-5H2,(H,13,14). The number of amides is 1. The SMILES string of the molecule is O=C(NCCSC(F)(F)F)C1CNCCO1. The quantitative estimate of drug-likeness (QED) is 0.714. The first-order valence-corrected chi connectivity index (χ1v) is 5.78. The number of rotatable bonds is 4. The van der Waals surface area contributed by atoms with Gasteiger partial charge in [-0.3, -0.25) is 4.79 Å². The summed E-state index contributed by atoms with van der Waals surface area (Å²) >= 11 is -0.149. The molecule has 0 saturated carbocycles. The highest BCUT2D eigenvalue weighted by Crippen LogP contribution is 2.29. The van der Waals surface area contributed by atoms with E-state index in [9.17, 15) is 18.0 Å². The molecule has 0 aromatic rings. The molecular weight excluding hydrogens is 245 g/mol. The number of hydrogen-bond donors (Lipinski definition) is 2. The van der Waals surface area contributed by atoms with E-state index in [0.717, 1.165) is 0 Å². The highest BCUT2D eigenvalue weighted by molar-refractivity contribution is 8.00. The van der Waals surface area contributed by atoms with Gasteiger partial charge in [-0.1, -0.05) is 0 Å². The molecule has 0 aliphatic carbocycles. The van der Waals surface area contributed by atoms with Crippen molar-refractivity contribution < 1.29 is 22.7 Å². The average Bonchev–Trinajstić information content (AvgIpc) is 2.24. The number of alkyl halides is 3. The third-order valence-electron chi connectivity index (χ3n) is 1.89. The third kappa shape index (κ3) is 5.57. The van der Waals surface area contributed by atoms with Gasteiger partial charge in [0.1, 0.15) is 6.10 Å². The van der Waals surface area contributed by atoms with Crippen LogP contribution >= 0.6 is 11.8 Å². The molecule has 1 saturated heterocycles. The largest absolute Gasteiger partial charge is 0.441 e. The van der Waals surface area contributed by atoms with Crippen molar-refractivity contribution in [2.75, 3.05) is 32.0 Å². The van der Waals surface area contributed by atoms with Crippen LogP contribution in [0.25, 0.3) is 0 Å². The number of nitrogens with one attached hydrogen (secondary N) is 2. The molecule has 94 valence electrons. The first-order chi connectivity index (χ1) is 7.49. The highest BCUT2D eigenvalue weighted by Gasteiger charge is 2.28. The summed E-state index contributed by atoms with van der Waals surface area (Å²) in [5.74, 6) is -0.551.